The summed E-state index contributed by atoms with van der Waals surface area (Å²) >= 11 is 0. The van der Waals surface area contributed by atoms with Gasteiger partial charge in [-0.25, -0.2) is 13.2 Å². The molecule has 52 heavy (non-hydrogen) atoms. The van der Waals surface area contributed by atoms with Gasteiger partial charge in [-0.1, -0.05) is 78.1 Å². The van der Waals surface area contributed by atoms with Crippen molar-refractivity contribution in [1.82, 2.24) is 26.2 Å². The molecule has 5 rings (SSSR count). The fraction of sp³-hybridized carbons (Fsp3) is 0.872. The zero-order chi connectivity index (χ0) is 38.1. The number of Topliss-reactive ketones (excluding diaryl/α,β-unsaturated/α-hetero) is 1. The van der Waals surface area contributed by atoms with Gasteiger partial charge >= 0.3 is 6.03 Å². The van der Waals surface area contributed by atoms with Crippen LogP contribution in [0.5, 0.6) is 0 Å². The van der Waals surface area contributed by atoms with Gasteiger partial charge in [-0.05, 0) is 89.4 Å². The van der Waals surface area contributed by atoms with Crippen LogP contribution in [0.15, 0.2) is 0 Å². The van der Waals surface area contributed by atoms with Crippen LogP contribution in [0.2, 0.25) is 0 Å². The van der Waals surface area contributed by atoms with Gasteiger partial charge in [-0.2, -0.15) is 0 Å². The predicted octanol–water partition coefficient (Wildman–Crippen LogP) is 4.55. The molecule has 4 N–H and O–H groups in total. The minimum absolute atomic E-state index is 0.0914. The van der Waals surface area contributed by atoms with Gasteiger partial charge in [-0.3, -0.25) is 19.2 Å². The number of urea groups is 1. The second-order valence-electron chi connectivity index (χ2n) is 18.2. The van der Waals surface area contributed by atoms with E-state index in [0.717, 1.165) is 64.2 Å². The lowest BCUT2D eigenvalue weighted by Gasteiger charge is -2.44. The van der Waals surface area contributed by atoms with Crippen molar-refractivity contribution in [2.75, 3.05) is 13.1 Å². The molecule has 2 heterocycles. The molecule has 294 valence electrons. The van der Waals surface area contributed by atoms with Crippen molar-refractivity contribution >= 4 is 39.4 Å². The van der Waals surface area contributed by atoms with Crippen LogP contribution in [0.3, 0.4) is 0 Å². The minimum Gasteiger partial charge on any atom is -0.349 e. The van der Waals surface area contributed by atoms with Crippen molar-refractivity contribution in [1.29, 1.82) is 0 Å². The molecule has 6 atom stereocenters. The van der Waals surface area contributed by atoms with Crippen molar-refractivity contribution < 1.29 is 32.4 Å². The molecule has 0 aromatic rings. The molecule has 12 nitrogen and oxygen atoms in total. The standard InChI is InChI=1S/C39H65N5O7S/c1-25(52(50,51)37(2,3)4)39(21-15-12-16-22-39)43-36(49)42-29-18-14-11-9-7-8-10-13-17-28(32(45)34(47)40-23-26-19-20-26)41-33(46)31-30-27(38(30,5)6)24-44(31)35(29)48/h25-31H,7-24H2,1-6H3,(H,40,47)(H,41,46)(H2,42,43,49)/t25-,27+,28-,29-,30+,31+/m1/s1. The van der Waals surface area contributed by atoms with Crippen molar-refractivity contribution in [3.63, 3.8) is 0 Å². The number of piperidine rings is 1. The second kappa shape index (κ2) is 16.0. The Morgan fingerprint density at radius 3 is 2.06 bits per heavy atom. The Morgan fingerprint density at radius 2 is 1.46 bits per heavy atom. The molecule has 13 heteroatoms. The van der Waals surface area contributed by atoms with Gasteiger partial charge in [0.25, 0.3) is 5.91 Å². The number of sulfone groups is 1. The molecule has 2 aliphatic heterocycles. The van der Waals surface area contributed by atoms with Crippen LogP contribution in [0, 0.1) is 23.2 Å². The summed E-state index contributed by atoms with van der Waals surface area (Å²) in [4.78, 5) is 70.6. The Hall–Kier alpha value is -2.70. The van der Waals surface area contributed by atoms with E-state index in [1.54, 1.807) is 32.6 Å². The monoisotopic (exact) mass is 747 g/mol. The number of carbonyl (C=O) groups is 5. The fourth-order valence-electron chi connectivity index (χ4n) is 9.25. The van der Waals surface area contributed by atoms with Gasteiger partial charge in [-0.15, -0.1) is 0 Å². The van der Waals surface area contributed by atoms with E-state index >= 15 is 0 Å². The molecule has 0 bridgehead atoms. The first kappa shape index (κ1) is 40.5. The molecule has 5 aliphatic rings. The van der Waals surface area contributed by atoms with Crippen LogP contribution < -0.4 is 21.3 Å². The number of carbonyl (C=O) groups excluding carboxylic acids is 5. The topological polar surface area (TPSA) is 171 Å². The Balaban J connectivity index is 1.37. The molecule has 0 spiro atoms. The van der Waals surface area contributed by atoms with Gasteiger partial charge < -0.3 is 26.2 Å². The second-order valence-corrected chi connectivity index (χ2v) is 21.2. The number of hydrogen-bond acceptors (Lipinski definition) is 7. The highest BCUT2D eigenvalue weighted by Crippen LogP contribution is 2.65. The van der Waals surface area contributed by atoms with Crippen molar-refractivity contribution in [2.24, 2.45) is 23.2 Å². The first-order valence-electron chi connectivity index (χ1n) is 20.2. The summed E-state index contributed by atoms with van der Waals surface area (Å²) in [6, 6.07) is -3.29. The molecule has 5 amide bonds. The highest BCUT2D eigenvalue weighted by Gasteiger charge is 2.69. The van der Waals surface area contributed by atoms with Crippen molar-refractivity contribution in [3.05, 3.63) is 0 Å². The van der Waals surface area contributed by atoms with Crippen molar-refractivity contribution in [3.8, 4) is 0 Å². The maximum absolute atomic E-state index is 14.5. The third kappa shape index (κ3) is 8.81. The van der Waals surface area contributed by atoms with Crippen LogP contribution in [-0.2, 0) is 29.0 Å². The molecule has 3 saturated carbocycles. The molecule has 0 aromatic carbocycles. The van der Waals surface area contributed by atoms with E-state index in [2.05, 4.69) is 35.1 Å². The van der Waals surface area contributed by atoms with Gasteiger partial charge in [0.1, 0.15) is 12.1 Å². The van der Waals surface area contributed by atoms with E-state index in [0.29, 0.717) is 57.5 Å². The number of hydrogen-bond donors (Lipinski definition) is 4. The summed E-state index contributed by atoms with van der Waals surface area (Å²) in [7, 11) is -3.63. The first-order chi connectivity index (χ1) is 24.4. The Labute approximate surface area is 311 Å². The number of fused-ring (bicyclic) bond motifs is 3. The molecule has 0 radical (unpaired) electrons. The molecular weight excluding hydrogens is 683 g/mol. The quantitative estimate of drug-likeness (QED) is 0.264. The third-order valence-electron chi connectivity index (χ3n) is 13.2. The predicted molar refractivity (Wildman–Crippen MR) is 200 cm³/mol. The van der Waals surface area contributed by atoms with Crippen LogP contribution >= 0.6 is 0 Å². The SMILES string of the molecule is C[C@H](C1(NC(=O)N[C@@H]2CCCCCCCCC[C@H](C(=O)C(=O)NCC3CC3)NC(=O)[C@@H]3[C@@H]4[C@H](CN3C2=O)C4(C)C)CCCCC1)S(=O)(=O)C(C)(C)C. The molecule has 3 aliphatic carbocycles. The smallest absolute Gasteiger partial charge is 0.315 e. The van der Waals surface area contributed by atoms with E-state index in [4.69, 9.17) is 0 Å². The molecule has 0 unspecified atom stereocenters. The first-order valence-corrected chi connectivity index (χ1v) is 21.7. The summed E-state index contributed by atoms with van der Waals surface area (Å²) in [5.41, 5.74) is -1.15. The Bertz CT molecular complexity index is 1460. The summed E-state index contributed by atoms with van der Waals surface area (Å²) in [5, 5.41) is 10.9. The van der Waals surface area contributed by atoms with E-state index < -0.39 is 67.1 Å². The van der Waals surface area contributed by atoms with Crippen LogP contribution in [-0.4, -0.2) is 89.6 Å². The Morgan fingerprint density at radius 1 is 0.885 bits per heavy atom. The number of rotatable bonds is 8. The number of nitrogens with zero attached hydrogens (tertiary/aromatic N) is 1. The zero-order valence-corrected chi connectivity index (χ0v) is 33.3. The largest absolute Gasteiger partial charge is 0.349 e. The molecule has 2 saturated heterocycles. The summed E-state index contributed by atoms with van der Waals surface area (Å²) < 4.78 is 26.4. The number of ketones is 1. The summed E-state index contributed by atoms with van der Waals surface area (Å²) in [6.07, 6.45) is 12.5. The van der Waals surface area contributed by atoms with Gasteiger partial charge in [0.05, 0.1) is 21.6 Å². The van der Waals surface area contributed by atoms with Gasteiger partial charge in [0.15, 0.2) is 9.84 Å². The lowest BCUT2D eigenvalue weighted by atomic mass is 9.79. The van der Waals surface area contributed by atoms with Crippen LogP contribution in [0.25, 0.3) is 0 Å². The molecule has 0 aromatic heterocycles. The van der Waals surface area contributed by atoms with E-state index in [-0.39, 0.29) is 23.2 Å². The van der Waals surface area contributed by atoms with Crippen LogP contribution in [0.1, 0.15) is 144 Å². The average Bonchev–Trinajstić information content (AvgIpc) is 3.95. The number of nitrogens with one attached hydrogen (secondary N) is 4. The fourth-order valence-corrected chi connectivity index (χ4v) is 11.2. The van der Waals surface area contributed by atoms with Crippen molar-refractivity contribution in [2.45, 2.75) is 178 Å². The maximum atomic E-state index is 14.5. The van der Waals surface area contributed by atoms with E-state index in [9.17, 15) is 32.4 Å². The number of amides is 5. The highest BCUT2D eigenvalue weighted by atomic mass is 32.2. The maximum Gasteiger partial charge on any atom is 0.315 e. The molecular formula is C39H65N5O7S. The minimum atomic E-state index is -3.63. The van der Waals surface area contributed by atoms with E-state index in [1.165, 1.54) is 0 Å². The van der Waals surface area contributed by atoms with Gasteiger partial charge in [0, 0.05) is 13.1 Å². The Kier molecular flexibility index (Phi) is 12.4. The molecule has 5 fully saturated rings. The van der Waals surface area contributed by atoms with E-state index in [1.807, 2.05) is 0 Å². The third-order valence-corrected chi connectivity index (χ3v) is 16.2. The average molecular weight is 748 g/mol. The summed E-state index contributed by atoms with van der Waals surface area (Å²) in [5.74, 6) is -1.71. The lowest BCUT2D eigenvalue weighted by molar-refractivity contribution is -0.144. The van der Waals surface area contributed by atoms with Crippen LogP contribution in [0.4, 0.5) is 4.79 Å². The van der Waals surface area contributed by atoms with Gasteiger partial charge in [0.2, 0.25) is 17.6 Å². The highest BCUT2D eigenvalue weighted by molar-refractivity contribution is 7.93. The zero-order valence-electron chi connectivity index (χ0n) is 32.5. The normalized spacial score (nSPS) is 30.6. The summed E-state index contributed by atoms with van der Waals surface area (Å²) in [6.45, 7) is 11.7. The lowest BCUT2D eigenvalue weighted by Crippen LogP contribution is -2.64.